The van der Waals surface area contributed by atoms with E-state index >= 15 is 0 Å². The molecule has 0 bridgehead atoms. The zero-order valence-electron chi connectivity index (χ0n) is 19.7. The molecule has 0 saturated carbocycles. The number of amides is 1. The summed E-state index contributed by atoms with van der Waals surface area (Å²) < 4.78 is 29.1. The lowest BCUT2D eigenvalue weighted by Crippen LogP contribution is -2.29. The number of hydrogen-bond acceptors (Lipinski definition) is 7. The van der Waals surface area contributed by atoms with Crippen molar-refractivity contribution in [2.45, 2.75) is 24.8 Å². The van der Waals surface area contributed by atoms with Gasteiger partial charge >= 0.3 is 0 Å². The molecular formula is C26H25N3O6S. The minimum atomic E-state index is -3.95. The predicted octanol–water partition coefficient (Wildman–Crippen LogP) is 3.39. The smallest absolute Gasteiger partial charge is 0.300 e. The third-order valence-corrected chi connectivity index (χ3v) is 6.53. The molecule has 2 aromatic carbocycles. The number of benzene rings is 2. The third-order valence-electron chi connectivity index (χ3n) is 5.60. The Hall–Kier alpha value is -4.02. The lowest BCUT2D eigenvalue weighted by Gasteiger charge is -2.25. The van der Waals surface area contributed by atoms with E-state index < -0.39 is 27.8 Å². The molecule has 36 heavy (non-hydrogen) atoms. The summed E-state index contributed by atoms with van der Waals surface area (Å²) in [5.41, 5.74) is 1.01. The molecule has 10 heteroatoms. The van der Waals surface area contributed by atoms with Crippen molar-refractivity contribution in [2.24, 2.45) is 11.1 Å². The number of carbonyl (C=O) groups is 2. The molecule has 2 heterocycles. The number of carbonyl (C=O) groups excluding carboxylic acids is 2. The summed E-state index contributed by atoms with van der Waals surface area (Å²) >= 11 is 0. The standard InChI is InChI=1S/C26H25N3O6S/c1-16(2)15-35-20-5-3-4-18(14-20)24(30)22-23(17-10-12-28-13-11-17)29(26(32)25(22)31)19-6-8-21(9-7-19)36(27,33)34/h3-14,16,23,30H,15H2,1-2H3,(H2,27,33,34)/b24-22+. The number of sulfonamides is 1. The molecule has 1 fully saturated rings. The predicted molar refractivity (Wildman–Crippen MR) is 134 cm³/mol. The van der Waals surface area contributed by atoms with Crippen LogP contribution >= 0.6 is 0 Å². The van der Waals surface area contributed by atoms with E-state index in [2.05, 4.69) is 4.98 Å². The van der Waals surface area contributed by atoms with Crippen LogP contribution in [0.15, 0.2) is 83.5 Å². The minimum absolute atomic E-state index is 0.109. The van der Waals surface area contributed by atoms with Gasteiger partial charge in [-0.15, -0.1) is 0 Å². The molecule has 9 nitrogen and oxygen atoms in total. The van der Waals surface area contributed by atoms with Crippen molar-refractivity contribution >= 4 is 33.2 Å². The Balaban J connectivity index is 1.84. The van der Waals surface area contributed by atoms with Gasteiger partial charge in [-0.2, -0.15) is 0 Å². The van der Waals surface area contributed by atoms with E-state index in [1.54, 1.807) is 36.4 Å². The first-order valence-electron chi connectivity index (χ1n) is 11.1. The Morgan fingerprint density at radius 1 is 1.08 bits per heavy atom. The summed E-state index contributed by atoms with van der Waals surface area (Å²) in [6.07, 6.45) is 3.03. The SMILES string of the molecule is CC(C)COc1cccc(/C(O)=C2\C(=O)C(=O)N(c3ccc(S(N)(=O)=O)cc3)C2c2ccncc2)c1. The lowest BCUT2D eigenvalue weighted by atomic mass is 9.95. The molecule has 1 aromatic heterocycles. The van der Waals surface area contributed by atoms with Crippen molar-refractivity contribution in [1.29, 1.82) is 0 Å². The van der Waals surface area contributed by atoms with Gasteiger partial charge in [0.05, 0.1) is 23.1 Å². The van der Waals surface area contributed by atoms with E-state index in [1.165, 1.54) is 41.6 Å². The Morgan fingerprint density at radius 2 is 1.75 bits per heavy atom. The molecule has 1 aliphatic rings. The van der Waals surface area contributed by atoms with Gasteiger partial charge in [0, 0.05) is 23.6 Å². The van der Waals surface area contributed by atoms with Crippen molar-refractivity contribution in [3.05, 3.63) is 89.8 Å². The quantitative estimate of drug-likeness (QED) is 0.284. The first-order valence-corrected chi connectivity index (χ1v) is 12.7. The highest BCUT2D eigenvalue weighted by molar-refractivity contribution is 7.89. The van der Waals surface area contributed by atoms with Gasteiger partial charge in [-0.3, -0.25) is 19.5 Å². The van der Waals surface area contributed by atoms with E-state index in [1.807, 2.05) is 13.8 Å². The number of ether oxygens (including phenoxy) is 1. The number of ketones is 1. The normalized spacial score (nSPS) is 17.6. The van der Waals surface area contributed by atoms with Gasteiger partial charge in [0.1, 0.15) is 11.5 Å². The van der Waals surface area contributed by atoms with Crippen LogP contribution in [0.5, 0.6) is 5.75 Å². The fraction of sp³-hybridized carbons (Fsp3) is 0.192. The van der Waals surface area contributed by atoms with Crippen LogP contribution < -0.4 is 14.8 Å². The number of nitrogens with zero attached hydrogens (tertiary/aromatic N) is 2. The third kappa shape index (κ3) is 5.00. The van der Waals surface area contributed by atoms with Crippen molar-refractivity contribution in [1.82, 2.24) is 4.98 Å². The van der Waals surface area contributed by atoms with Gasteiger partial charge in [-0.1, -0.05) is 26.0 Å². The summed E-state index contributed by atoms with van der Waals surface area (Å²) in [6, 6.07) is 14.2. The van der Waals surface area contributed by atoms with Gasteiger partial charge in [-0.25, -0.2) is 13.6 Å². The molecular weight excluding hydrogens is 482 g/mol. The number of anilines is 1. The minimum Gasteiger partial charge on any atom is -0.507 e. The molecule has 0 aliphatic carbocycles. The molecule has 1 saturated heterocycles. The number of hydrogen-bond donors (Lipinski definition) is 2. The molecule has 4 rings (SSSR count). The summed E-state index contributed by atoms with van der Waals surface area (Å²) in [6.45, 7) is 4.49. The number of pyridine rings is 1. The van der Waals surface area contributed by atoms with Crippen molar-refractivity contribution < 1.29 is 27.9 Å². The number of nitrogens with two attached hydrogens (primary N) is 1. The van der Waals surface area contributed by atoms with Gasteiger partial charge < -0.3 is 9.84 Å². The monoisotopic (exact) mass is 507 g/mol. The van der Waals surface area contributed by atoms with Crippen LogP contribution in [-0.2, 0) is 19.6 Å². The largest absolute Gasteiger partial charge is 0.507 e. The number of aliphatic hydroxyl groups excluding tert-OH is 1. The summed E-state index contributed by atoms with van der Waals surface area (Å²) in [5, 5.41) is 16.5. The molecule has 1 unspecified atom stereocenters. The van der Waals surface area contributed by atoms with Gasteiger partial charge in [0.2, 0.25) is 10.0 Å². The molecule has 0 radical (unpaired) electrons. The highest BCUT2D eigenvalue weighted by Gasteiger charge is 2.47. The molecule has 186 valence electrons. The van der Waals surface area contributed by atoms with E-state index in [0.29, 0.717) is 29.4 Å². The molecule has 3 N–H and O–H groups in total. The van der Waals surface area contributed by atoms with Crippen LogP contribution in [0.2, 0.25) is 0 Å². The lowest BCUT2D eigenvalue weighted by molar-refractivity contribution is -0.132. The van der Waals surface area contributed by atoms with Gasteiger partial charge in [-0.05, 0) is 60.0 Å². The average molecular weight is 508 g/mol. The van der Waals surface area contributed by atoms with Crippen LogP contribution in [0.25, 0.3) is 5.76 Å². The topological polar surface area (TPSA) is 140 Å². The Bertz CT molecular complexity index is 1430. The van der Waals surface area contributed by atoms with Crippen molar-refractivity contribution in [3.8, 4) is 5.75 Å². The van der Waals surface area contributed by atoms with E-state index in [-0.39, 0.29) is 21.9 Å². The summed E-state index contributed by atoms with van der Waals surface area (Å²) in [5.74, 6) is -1.29. The second-order valence-corrected chi connectivity index (χ2v) is 10.3. The van der Waals surface area contributed by atoms with E-state index in [0.717, 1.165) is 0 Å². The maximum absolute atomic E-state index is 13.2. The molecule has 0 spiro atoms. The first-order chi connectivity index (χ1) is 17.1. The molecule has 1 aliphatic heterocycles. The second kappa shape index (κ2) is 9.92. The summed E-state index contributed by atoms with van der Waals surface area (Å²) in [4.78, 5) is 31.5. The number of Topliss-reactive ketones (excluding diaryl/α,β-unsaturated/α-hetero) is 1. The zero-order valence-corrected chi connectivity index (χ0v) is 20.5. The molecule has 3 aromatic rings. The van der Waals surface area contributed by atoms with Crippen LogP contribution in [0, 0.1) is 5.92 Å². The fourth-order valence-electron chi connectivity index (χ4n) is 3.91. The number of aromatic nitrogens is 1. The van der Waals surface area contributed by atoms with Crippen LogP contribution in [0.3, 0.4) is 0 Å². The summed E-state index contributed by atoms with van der Waals surface area (Å²) in [7, 11) is -3.95. The molecule has 1 amide bonds. The van der Waals surface area contributed by atoms with Crippen molar-refractivity contribution in [2.75, 3.05) is 11.5 Å². The van der Waals surface area contributed by atoms with E-state index in [4.69, 9.17) is 9.88 Å². The second-order valence-electron chi connectivity index (χ2n) is 8.72. The van der Waals surface area contributed by atoms with Gasteiger partial charge in [0.15, 0.2) is 0 Å². The van der Waals surface area contributed by atoms with E-state index in [9.17, 15) is 23.1 Å². The van der Waals surface area contributed by atoms with Crippen LogP contribution in [0.1, 0.15) is 31.0 Å². The highest BCUT2D eigenvalue weighted by Crippen LogP contribution is 2.42. The maximum Gasteiger partial charge on any atom is 0.300 e. The Labute approximate surface area is 208 Å². The van der Waals surface area contributed by atoms with Crippen LogP contribution in [0.4, 0.5) is 5.69 Å². The Kier molecular flexibility index (Phi) is 6.91. The van der Waals surface area contributed by atoms with Gasteiger partial charge in [0.25, 0.3) is 11.7 Å². The van der Waals surface area contributed by atoms with Crippen molar-refractivity contribution in [3.63, 3.8) is 0 Å². The number of aliphatic hydroxyl groups is 1. The Morgan fingerprint density at radius 3 is 2.36 bits per heavy atom. The number of rotatable bonds is 7. The zero-order chi connectivity index (χ0) is 26.0. The average Bonchev–Trinajstić information content (AvgIpc) is 3.13. The highest BCUT2D eigenvalue weighted by atomic mass is 32.2. The fourth-order valence-corrected chi connectivity index (χ4v) is 4.42. The molecule has 1 atom stereocenters. The first kappa shape index (κ1) is 25.1. The van der Waals surface area contributed by atoms with Crippen LogP contribution in [-0.4, -0.2) is 36.8 Å². The number of primary sulfonamides is 1. The maximum atomic E-state index is 13.2.